The molecule has 5 nitrogen and oxygen atoms in total. The fourth-order valence-electron chi connectivity index (χ4n) is 1.84. The SMILES string of the molecule is COc1cc(C#CCCCC=O)ccc1-n1cnc(C)n1. The van der Waals surface area contributed by atoms with E-state index >= 15 is 0 Å². The van der Waals surface area contributed by atoms with Gasteiger partial charge in [0.2, 0.25) is 0 Å². The van der Waals surface area contributed by atoms with Crippen LogP contribution in [0.15, 0.2) is 24.5 Å². The van der Waals surface area contributed by atoms with Gasteiger partial charge in [-0.25, -0.2) is 9.67 Å². The number of aromatic nitrogens is 3. The summed E-state index contributed by atoms with van der Waals surface area (Å²) in [5, 5.41) is 4.27. The van der Waals surface area contributed by atoms with E-state index in [9.17, 15) is 4.79 Å². The van der Waals surface area contributed by atoms with Crippen LogP contribution in [0.2, 0.25) is 0 Å². The first-order chi connectivity index (χ1) is 10.2. The van der Waals surface area contributed by atoms with Gasteiger partial charge in [-0.05, 0) is 31.5 Å². The molecule has 2 aromatic rings. The van der Waals surface area contributed by atoms with E-state index in [0.29, 0.717) is 24.4 Å². The number of aldehydes is 1. The van der Waals surface area contributed by atoms with Crippen molar-refractivity contribution in [2.75, 3.05) is 7.11 Å². The summed E-state index contributed by atoms with van der Waals surface area (Å²) >= 11 is 0. The normalized spacial score (nSPS) is 9.81. The maximum absolute atomic E-state index is 10.2. The second kappa shape index (κ2) is 7.25. The molecule has 21 heavy (non-hydrogen) atoms. The molecule has 0 N–H and O–H groups in total. The van der Waals surface area contributed by atoms with Crippen LogP contribution in [0.4, 0.5) is 0 Å². The second-order valence-corrected chi connectivity index (χ2v) is 4.48. The zero-order chi connectivity index (χ0) is 15.1. The highest BCUT2D eigenvalue weighted by atomic mass is 16.5. The zero-order valence-corrected chi connectivity index (χ0v) is 12.2. The number of carbonyl (C=O) groups excluding carboxylic acids is 1. The molecule has 0 saturated carbocycles. The number of methoxy groups -OCH3 is 1. The summed E-state index contributed by atoms with van der Waals surface area (Å²) in [6.45, 7) is 1.84. The van der Waals surface area contributed by atoms with Crippen molar-refractivity contribution in [3.8, 4) is 23.3 Å². The molecule has 5 heteroatoms. The minimum atomic E-state index is 0.558. The fraction of sp³-hybridized carbons (Fsp3) is 0.312. The summed E-state index contributed by atoms with van der Waals surface area (Å²) in [4.78, 5) is 14.3. The van der Waals surface area contributed by atoms with Gasteiger partial charge in [0.05, 0.1) is 7.11 Å². The molecule has 0 amide bonds. The number of hydrogen-bond donors (Lipinski definition) is 0. The number of benzene rings is 1. The highest BCUT2D eigenvalue weighted by Gasteiger charge is 2.07. The lowest BCUT2D eigenvalue weighted by Crippen LogP contribution is -1.99. The number of unbranched alkanes of at least 4 members (excludes halogenated alkanes) is 2. The average Bonchev–Trinajstić information content (AvgIpc) is 2.93. The van der Waals surface area contributed by atoms with Crippen molar-refractivity contribution >= 4 is 6.29 Å². The quantitative estimate of drug-likeness (QED) is 0.480. The number of ether oxygens (including phenoxy) is 1. The summed E-state index contributed by atoms with van der Waals surface area (Å²) in [5.74, 6) is 7.52. The maximum Gasteiger partial charge on any atom is 0.147 e. The van der Waals surface area contributed by atoms with Gasteiger partial charge >= 0.3 is 0 Å². The Morgan fingerprint density at radius 3 is 2.95 bits per heavy atom. The molecule has 0 atom stereocenters. The van der Waals surface area contributed by atoms with Crippen LogP contribution in [0.1, 0.15) is 30.7 Å². The van der Waals surface area contributed by atoms with Crippen molar-refractivity contribution in [2.24, 2.45) is 0 Å². The lowest BCUT2D eigenvalue weighted by atomic mass is 10.1. The number of nitrogens with zero attached hydrogens (tertiary/aromatic N) is 3. The van der Waals surface area contributed by atoms with Crippen LogP contribution in [-0.4, -0.2) is 28.2 Å². The van der Waals surface area contributed by atoms with Crippen LogP contribution < -0.4 is 4.74 Å². The first kappa shape index (κ1) is 14.8. The Balaban J connectivity index is 2.18. The van der Waals surface area contributed by atoms with E-state index in [2.05, 4.69) is 21.9 Å². The molecular weight excluding hydrogens is 266 g/mol. The van der Waals surface area contributed by atoms with Gasteiger partial charge in [0.15, 0.2) is 0 Å². The third-order valence-corrected chi connectivity index (χ3v) is 2.89. The smallest absolute Gasteiger partial charge is 0.147 e. The third kappa shape index (κ3) is 3.93. The number of rotatable bonds is 5. The van der Waals surface area contributed by atoms with Crippen molar-refractivity contribution in [2.45, 2.75) is 26.2 Å². The van der Waals surface area contributed by atoms with Gasteiger partial charge in [-0.1, -0.05) is 11.8 Å². The summed E-state index contributed by atoms with van der Waals surface area (Å²) in [7, 11) is 1.61. The molecule has 1 heterocycles. The van der Waals surface area contributed by atoms with Crippen molar-refractivity contribution in [1.82, 2.24) is 14.8 Å². The molecule has 0 unspecified atom stereocenters. The Hall–Kier alpha value is -2.61. The van der Waals surface area contributed by atoms with Crippen LogP contribution >= 0.6 is 0 Å². The molecular formula is C16H17N3O2. The standard InChI is InChI=1S/C16H17N3O2/c1-13-17-12-19(18-13)15-9-8-14(11-16(15)21-2)7-5-3-4-6-10-20/h8-12H,3-4,6H2,1-2H3. The lowest BCUT2D eigenvalue weighted by Gasteiger charge is -2.08. The molecule has 0 aliphatic carbocycles. The van der Waals surface area contributed by atoms with Crippen molar-refractivity contribution in [3.05, 3.63) is 35.9 Å². The first-order valence-electron chi connectivity index (χ1n) is 6.74. The van der Waals surface area contributed by atoms with Gasteiger partial charge in [0, 0.05) is 18.4 Å². The summed E-state index contributed by atoms with van der Waals surface area (Å²) in [5.41, 5.74) is 1.70. The van der Waals surface area contributed by atoms with Crippen molar-refractivity contribution < 1.29 is 9.53 Å². The minimum Gasteiger partial charge on any atom is -0.494 e. The predicted octanol–water partition coefficient (Wildman–Crippen LogP) is 2.31. The Morgan fingerprint density at radius 2 is 2.29 bits per heavy atom. The van der Waals surface area contributed by atoms with Gasteiger partial charge < -0.3 is 9.53 Å². The largest absolute Gasteiger partial charge is 0.494 e. The van der Waals surface area contributed by atoms with Gasteiger partial charge in [0.1, 0.15) is 29.9 Å². The molecule has 0 aliphatic rings. The fourth-order valence-corrected chi connectivity index (χ4v) is 1.84. The average molecular weight is 283 g/mol. The third-order valence-electron chi connectivity index (χ3n) is 2.89. The van der Waals surface area contributed by atoms with Crippen molar-refractivity contribution in [1.29, 1.82) is 0 Å². The Kier molecular flexibility index (Phi) is 5.10. The first-order valence-corrected chi connectivity index (χ1v) is 6.74. The van der Waals surface area contributed by atoms with Gasteiger partial charge in [-0.15, -0.1) is 0 Å². The second-order valence-electron chi connectivity index (χ2n) is 4.48. The summed E-state index contributed by atoms with van der Waals surface area (Å²) in [6.07, 6.45) is 4.63. The molecule has 108 valence electrons. The van der Waals surface area contributed by atoms with Gasteiger partial charge in [-0.2, -0.15) is 5.10 Å². The zero-order valence-electron chi connectivity index (χ0n) is 12.2. The lowest BCUT2D eigenvalue weighted by molar-refractivity contribution is -0.107. The highest BCUT2D eigenvalue weighted by molar-refractivity contribution is 5.52. The summed E-state index contributed by atoms with van der Waals surface area (Å²) in [6, 6.07) is 5.70. The van der Waals surface area contributed by atoms with E-state index in [1.54, 1.807) is 18.1 Å². The molecule has 0 radical (unpaired) electrons. The van der Waals surface area contributed by atoms with E-state index in [-0.39, 0.29) is 0 Å². The van der Waals surface area contributed by atoms with Crippen LogP contribution in [0.3, 0.4) is 0 Å². The van der Waals surface area contributed by atoms with E-state index in [1.807, 2.05) is 25.1 Å². The number of aryl methyl sites for hydroxylation is 1. The van der Waals surface area contributed by atoms with Crippen LogP contribution in [0, 0.1) is 18.8 Å². The van der Waals surface area contributed by atoms with Crippen LogP contribution in [0.5, 0.6) is 5.75 Å². The topological polar surface area (TPSA) is 57.0 Å². The van der Waals surface area contributed by atoms with E-state index < -0.39 is 0 Å². The predicted molar refractivity (Wildman–Crippen MR) is 79.4 cm³/mol. The van der Waals surface area contributed by atoms with Crippen LogP contribution in [0.25, 0.3) is 5.69 Å². The molecule has 0 spiro atoms. The monoisotopic (exact) mass is 283 g/mol. The number of carbonyl (C=O) groups is 1. The molecule has 0 fully saturated rings. The molecule has 0 bridgehead atoms. The molecule has 2 rings (SSSR count). The minimum absolute atomic E-state index is 0.558. The van der Waals surface area contributed by atoms with Gasteiger partial charge in [0.25, 0.3) is 0 Å². The highest BCUT2D eigenvalue weighted by Crippen LogP contribution is 2.23. The van der Waals surface area contributed by atoms with Crippen molar-refractivity contribution in [3.63, 3.8) is 0 Å². The molecule has 0 saturated heterocycles. The Bertz CT molecular complexity index is 680. The Labute approximate surface area is 124 Å². The molecule has 1 aromatic carbocycles. The maximum atomic E-state index is 10.2. The molecule has 1 aromatic heterocycles. The van der Waals surface area contributed by atoms with Gasteiger partial charge in [-0.3, -0.25) is 0 Å². The summed E-state index contributed by atoms with van der Waals surface area (Å²) < 4.78 is 7.07. The molecule has 0 aliphatic heterocycles. The van der Waals surface area contributed by atoms with E-state index in [4.69, 9.17) is 4.74 Å². The van der Waals surface area contributed by atoms with Crippen LogP contribution in [-0.2, 0) is 4.79 Å². The van der Waals surface area contributed by atoms with E-state index in [1.165, 1.54) is 0 Å². The van der Waals surface area contributed by atoms with E-state index in [0.717, 1.165) is 24.0 Å². The Morgan fingerprint density at radius 1 is 1.43 bits per heavy atom. The number of hydrogen-bond acceptors (Lipinski definition) is 4.